The highest BCUT2D eigenvalue weighted by Crippen LogP contribution is 2.23. The van der Waals surface area contributed by atoms with Crippen LogP contribution in [0.1, 0.15) is 40.8 Å². The lowest BCUT2D eigenvalue weighted by atomic mass is 9.97. The molecule has 0 spiro atoms. The minimum absolute atomic E-state index is 0.0816. The summed E-state index contributed by atoms with van der Waals surface area (Å²) < 4.78 is 27.6. The molecule has 0 aromatic heterocycles. The molecule has 2 rings (SSSR count). The summed E-state index contributed by atoms with van der Waals surface area (Å²) in [5, 5.41) is 0.538. The molecule has 1 N–H and O–H groups in total. The van der Waals surface area contributed by atoms with Gasteiger partial charge in [-0.2, -0.15) is 0 Å². The molecule has 124 valence electrons. The standard InChI is InChI=1S/C18H22ClNO2S/c1-12-8-14(3)18(9-13(12)2)15(4)20-23(21,22)11-16-6-5-7-17(19)10-16/h5-10,15,20H,11H2,1-4H3/t15-/m1/s1. The summed E-state index contributed by atoms with van der Waals surface area (Å²) in [7, 11) is -3.45. The Kier molecular flexibility index (Phi) is 5.50. The number of hydrogen-bond acceptors (Lipinski definition) is 2. The Hall–Kier alpha value is -1.36. The highest BCUT2D eigenvalue weighted by Gasteiger charge is 2.18. The molecule has 0 aliphatic heterocycles. The van der Waals surface area contributed by atoms with Crippen molar-refractivity contribution in [2.75, 3.05) is 0 Å². The molecule has 5 heteroatoms. The minimum Gasteiger partial charge on any atom is -0.212 e. The fourth-order valence-corrected chi connectivity index (χ4v) is 4.25. The first kappa shape index (κ1) is 18.0. The first-order valence-electron chi connectivity index (χ1n) is 7.50. The smallest absolute Gasteiger partial charge is 0.212 e. The molecular weight excluding hydrogens is 330 g/mol. The molecule has 3 nitrogen and oxygen atoms in total. The lowest BCUT2D eigenvalue weighted by Gasteiger charge is -2.18. The monoisotopic (exact) mass is 351 g/mol. The predicted octanol–water partition coefficient (Wildman–Crippen LogP) is 4.45. The topological polar surface area (TPSA) is 46.2 Å². The summed E-state index contributed by atoms with van der Waals surface area (Å²) in [4.78, 5) is 0. The van der Waals surface area contributed by atoms with Crippen LogP contribution in [0.3, 0.4) is 0 Å². The number of sulfonamides is 1. The van der Waals surface area contributed by atoms with Gasteiger partial charge in [-0.25, -0.2) is 13.1 Å². The molecule has 0 fully saturated rings. The number of halogens is 1. The van der Waals surface area contributed by atoms with Crippen LogP contribution in [0.4, 0.5) is 0 Å². The predicted molar refractivity (Wildman–Crippen MR) is 96.3 cm³/mol. The highest BCUT2D eigenvalue weighted by atomic mass is 35.5. The van der Waals surface area contributed by atoms with Crippen LogP contribution in [-0.4, -0.2) is 8.42 Å². The maximum Gasteiger partial charge on any atom is 0.216 e. The van der Waals surface area contributed by atoms with Gasteiger partial charge in [0.15, 0.2) is 0 Å². The van der Waals surface area contributed by atoms with E-state index in [2.05, 4.69) is 23.8 Å². The average Bonchev–Trinajstić information content (AvgIpc) is 2.41. The molecule has 23 heavy (non-hydrogen) atoms. The third-order valence-corrected chi connectivity index (χ3v) is 5.61. The fraction of sp³-hybridized carbons (Fsp3) is 0.333. The average molecular weight is 352 g/mol. The van der Waals surface area contributed by atoms with Crippen molar-refractivity contribution < 1.29 is 8.42 Å². The minimum atomic E-state index is -3.45. The number of hydrogen-bond donors (Lipinski definition) is 1. The lowest BCUT2D eigenvalue weighted by molar-refractivity contribution is 0.565. The Morgan fingerprint density at radius 2 is 1.70 bits per heavy atom. The third kappa shape index (κ3) is 4.80. The Balaban J connectivity index is 2.18. The Labute approximate surface area is 143 Å². The van der Waals surface area contributed by atoms with Crippen molar-refractivity contribution in [3.05, 3.63) is 69.2 Å². The van der Waals surface area contributed by atoms with Crippen molar-refractivity contribution in [3.63, 3.8) is 0 Å². The first-order chi connectivity index (χ1) is 10.7. The Morgan fingerprint density at radius 3 is 2.35 bits per heavy atom. The second-order valence-electron chi connectivity index (χ2n) is 6.02. The summed E-state index contributed by atoms with van der Waals surface area (Å²) in [5.41, 5.74) is 5.13. The van der Waals surface area contributed by atoms with Crippen molar-refractivity contribution >= 4 is 21.6 Å². The quantitative estimate of drug-likeness (QED) is 0.865. The lowest BCUT2D eigenvalue weighted by Crippen LogP contribution is -2.28. The summed E-state index contributed by atoms with van der Waals surface area (Å²) >= 11 is 5.91. The van der Waals surface area contributed by atoms with E-state index in [0.29, 0.717) is 10.6 Å². The van der Waals surface area contributed by atoms with E-state index in [-0.39, 0.29) is 11.8 Å². The summed E-state index contributed by atoms with van der Waals surface area (Å²) in [6.07, 6.45) is 0. The molecule has 2 aromatic carbocycles. The van der Waals surface area contributed by atoms with E-state index in [4.69, 9.17) is 11.6 Å². The molecule has 0 bridgehead atoms. The molecule has 0 saturated heterocycles. The van der Waals surface area contributed by atoms with Gasteiger partial charge in [0.2, 0.25) is 10.0 Å². The van der Waals surface area contributed by atoms with E-state index in [1.165, 1.54) is 5.56 Å². The van der Waals surface area contributed by atoms with E-state index in [9.17, 15) is 8.42 Å². The Morgan fingerprint density at radius 1 is 1.04 bits per heavy atom. The maximum atomic E-state index is 12.4. The van der Waals surface area contributed by atoms with Crippen LogP contribution in [0.2, 0.25) is 5.02 Å². The maximum absolute atomic E-state index is 12.4. The van der Waals surface area contributed by atoms with Gasteiger partial charge >= 0.3 is 0 Å². The van der Waals surface area contributed by atoms with Gasteiger partial charge in [0.05, 0.1) is 5.75 Å². The zero-order valence-corrected chi connectivity index (χ0v) is 15.4. The van der Waals surface area contributed by atoms with Crippen molar-refractivity contribution in [2.45, 2.75) is 39.5 Å². The van der Waals surface area contributed by atoms with Crippen LogP contribution in [0.25, 0.3) is 0 Å². The zero-order valence-electron chi connectivity index (χ0n) is 13.9. The van der Waals surface area contributed by atoms with Crippen molar-refractivity contribution in [1.82, 2.24) is 4.72 Å². The van der Waals surface area contributed by atoms with Crippen LogP contribution in [0.5, 0.6) is 0 Å². The van der Waals surface area contributed by atoms with Crippen LogP contribution >= 0.6 is 11.6 Å². The summed E-state index contributed by atoms with van der Waals surface area (Å²) in [6, 6.07) is 10.8. The van der Waals surface area contributed by atoms with Gasteiger partial charge in [0.25, 0.3) is 0 Å². The van der Waals surface area contributed by atoms with E-state index < -0.39 is 10.0 Å². The first-order valence-corrected chi connectivity index (χ1v) is 9.53. The molecule has 0 radical (unpaired) electrons. The van der Waals surface area contributed by atoms with E-state index in [0.717, 1.165) is 16.7 Å². The molecule has 2 aromatic rings. The number of benzene rings is 2. The van der Waals surface area contributed by atoms with Crippen molar-refractivity contribution in [1.29, 1.82) is 0 Å². The van der Waals surface area contributed by atoms with Gasteiger partial charge in [0, 0.05) is 11.1 Å². The van der Waals surface area contributed by atoms with Crippen LogP contribution in [-0.2, 0) is 15.8 Å². The van der Waals surface area contributed by atoms with Crippen LogP contribution < -0.4 is 4.72 Å². The van der Waals surface area contributed by atoms with Crippen molar-refractivity contribution in [3.8, 4) is 0 Å². The van der Waals surface area contributed by atoms with Gasteiger partial charge in [-0.15, -0.1) is 0 Å². The van der Waals surface area contributed by atoms with Crippen molar-refractivity contribution in [2.24, 2.45) is 0 Å². The van der Waals surface area contributed by atoms with Gasteiger partial charge in [-0.05, 0) is 67.6 Å². The fourth-order valence-electron chi connectivity index (χ4n) is 2.67. The Bertz CT molecular complexity index is 816. The van der Waals surface area contributed by atoms with Gasteiger partial charge in [-0.1, -0.05) is 35.9 Å². The normalized spacial score (nSPS) is 13.1. The highest BCUT2D eigenvalue weighted by molar-refractivity contribution is 7.88. The largest absolute Gasteiger partial charge is 0.216 e. The number of aryl methyl sites for hydroxylation is 3. The van der Waals surface area contributed by atoms with Crippen LogP contribution in [0.15, 0.2) is 36.4 Å². The number of rotatable bonds is 5. The van der Waals surface area contributed by atoms with Gasteiger partial charge < -0.3 is 0 Å². The molecule has 0 saturated carbocycles. The molecule has 1 atom stereocenters. The van der Waals surface area contributed by atoms with Gasteiger partial charge in [0.1, 0.15) is 0 Å². The molecule has 0 aliphatic rings. The molecule has 0 unspecified atom stereocenters. The van der Waals surface area contributed by atoms with E-state index in [1.54, 1.807) is 24.3 Å². The molecule has 0 amide bonds. The second-order valence-corrected chi connectivity index (χ2v) is 8.21. The van der Waals surface area contributed by atoms with Crippen LogP contribution in [0, 0.1) is 20.8 Å². The van der Waals surface area contributed by atoms with E-state index >= 15 is 0 Å². The number of nitrogens with one attached hydrogen (secondary N) is 1. The summed E-state index contributed by atoms with van der Waals surface area (Å²) in [6.45, 7) is 7.96. The SMILES string of the molecule is Cc1cc(C)c([C@@H](C)NS(=O)(=O)Cc2cccc(Cl)c2)cc1C. The van der Waals surface area contributed by atoms with Gasteiger partial charge in [-0.3, -0.25) is 0 Å². The van der Waals surface area contributed by atoms with E-state index in [1.807, 2.05) is 20.8 Å². The zero-order chi connectivity index (χ0) is 17.2. The summed E-state index contributed by atoms with van der Waals surface area (Å²) in [5.74, 6) is -0.0816. The molecule has 0 heterocycles. The molecular formula is C18H22ClNO2S. The third-order valence-electron chi connectivity index (χ3n) is 3.95. The molecule has 0 aliphatic carbocycles. The second kappa shape index (κ2) is 7.04.